The first-order valence-corrected chi connectivity index (χ1v) is 4.61. The molecule has 1 aromatic carbocycles. The second-order valence-electron chi connectivity index (χ2n) is 3.34. The molecular formula is C11H13NO3. The molecule has 0 saturated carbocycles. The van der Waals surface area contributed by atoms with Crippen LogP contribution in [-0.4, -0.2) is 22.9 Å². The fraction of sp³-hybridized carbons (Fsp3) is 0.273. The van der Waals surface area contributed by atoms with Crippen LogP contribution in [0.4, 0.5) is 5.69 Å². The Morgan fingerprint density at radius 3 is 2.60 bits per heavy atom. The number of carboxylic acid groups (broad SMARTS) is 1. The van der Waals surface area contributed by atoms with Crippen LogP contribution in [0.25, 0.3) is 0 Å². The van der Waals surface area contributed by atoms with Gasteiger partial charge in [0.25, 0.3) is 0 Å². The van der Waals surface area contributed by atoms with E-state index in [0.717, 1.165) is 0 Å². The van der Waals surface area contributed by atoms with E-state index in [2.05, 4.69) is 5.32 Å². The van der Waals surface area contributed by atoms with Gasteiger partial charge < -0.3 is 10.4 Å². The van der Waals surface area contributed by atoms with E-state index in [9.17, 15) is 9.59 Å². The molecule has 0 amide bonds. The van der Waals surface area contributed by atoms with Crippen molar-refractivity contribution >= 4 is 17.4 Å². The maximum absolute atomic E-state index is 11.1. The smallest absolute Gasteiger partial charge is 0.325 e. The lowest BCUT2D eigenvalue weighted by Gasteiger charge is -2.11. The molecule has 0 aromatic heterocycles. The Kier molecular flexibility index (Phi) is 3.44. The average molecular weight is 207 g/mol. The number of nitrogens with one attached hydrogen (secondary N) is 1. The molecule has 1 atom stereocenters. The molecule has 0 heterocycles. The first-order chi connectivity index (χ1) is 7.00. The number of hydrogen-bond donors (Lipinski definition) is 2. The molecule has 0 saturated heterocycles. The highest BCUT2D eigenvalue weighted by Gasteiger charge is 2.10. The summed E-state index contributed by atoms with van der Waals surface area (Å²) in [6, 6.07) is 6.10. The molecule has 80 valence electrons. The molecule has 0 radical (unpaired) electrons. The Bertz CT molecular complexity index is 387. The quantitative estimate of drug-likeness (QED) is 0.738. The van der Waals surface area contributed by atoms with Crippen molar-refractivity contribution < 1.29 is 14.7 Å². The first kappa shape index (κ1) is 11.2. The van der Waals surface area contributed by atoms with Gasteiger partial charge >= 0.3 is 5.97 Å². The van der Waals surface area contributed by atoms with Gasteiger partial charge in [0.15, 0.2) is 5.78 Å². The number of Topliss-reactive ketones (excluding diaryl/α,β-unsaturated/α-hetero) is 1. The molecule has 1 aromatic rings. The maximum atomic E-state index is 11.1. The number of rotatable bonds is 4. The molecular weight excluding hydrogens is 194 g/mol. The summed E-state index contributed by atoms with van der Waals surface area (Å²) in [4.78, 5) is 21.7. The van der Waals surface area contributed by atoms with Gasteiger partial charge in [-0.3, -0.25) is 9.59 Å². The van der Waals surface area contributed by atoms with Gasteiger partial charge in [-0.05, 0) is 26.0 Å². The predicted molar refractivity (Wildman–Crippen MR) is 57.2 cm³/mol. The van der Waals surface area contributed by atoms with E-state index in [1.807, 2.05) is 0 Å². The van der Waals surface area contributed by atoms with Crippen molar-refractivity contribution in [3.63, 3.8) is 0 Å². The minimum Gasteiger partial charge on any atom is -0.480 e. The number of anilines is 1. The summed E-state index contributed by atoms with van der Waals surface area (Å²) in [7, 11) is 0. The van der Waals surface area contributed by atoms with E-state index in [4.69, 9.17) is 5.11 Å². The largest absolute Gasteiger partial charge is 0.480 e. The van der Waals surface area contributed by atoms with Crippen LogP contribution < -0.4 is 5.32 Å². The number of hydrogen-bond acceptors (Lipinski definition) is 3. The second kappa shape index (κ2) is 4.59. The van der Waals surface area contributed by atoms with E-state index < -0.39 is 12.0 Å². The molecule has 0 unspecified atom stereocenters. The highest BCUT2D eigenvalue weighted by molar-refractivity contribution is 5.95. The maximum Gasteiger partial charge on any atom is 0.325 e. The summed E-state index contributed by atoms with van der Waals surface area (Å²) >= 11 is 0. The summed E-state index contributed by atoms with van der Waals surface area (Å²) < 4.78 is 0. The number of carbonyl (C=O) groups is 2. The molecule has 0 aliphatic heterocycles. The average Bonchev–Trinajstić information content (AvgIpc) is 2.18. The van der Waals surface area contributed by atoms with Gasteiger partial charge in [-0.2, -0.15) is 0 Å². The molecule has 4 heteroatoms. The third-order valence-corrected chi connectivity index (χ3v) is 2.02. The Hall–Kier alpha value is -1.84. The van der Waals surface area contributed by atoms with Crippen LogP contribution in [0.5, 0.6) is 0 Å². The van der Waals surface area contributed by atoms with Gasteiger partial charge in [0.1, 0.15) is 6.04 Å². The summed E-state index contributed by atoms with van der Waals surface area (Å²) in [5.74, 6) is -0.968. The van der Waals surface area contributed by atoms with Crippen LogP contribution in [0.2, 0.25) is 0 Å². The highest BCUT2D eigenvalue weighted by Crippen LogP contribution is 2.12. The third-order valence-electron chi connectivity index (χ3n) is 2.02. The molecule has 15 heavy (non-hydrogen) atoms. The number of carboxylic acids is 1. The predicted octanol–water partition coefficient (Wildman–Crippen LogP) is 1.77. The Balaban J connectivity index is 2.82. The number of ketones is 1. The fourth-order valence-corrected chi connectivity index (χ4v) is 1.14. The topological polar surface area (TPSA) is 66.4 Å². The lowest BCUT2D eigenvalue weighted by Crippen LogP contribution is -2.25. The van der Waals surface area contributed by atoms with E-state index in [1.165, 1.54) is 6.92 Å². The summed E-state index contributed by atoms with van der Waals surface area (Å²) in [5.41, 5.74) is 1.20. The minimum atomic E-state index is -0.928. The molecule has 1 rings (SSSR count). The number of benzene rings is 1. The molecule has 0 bridgehead atoms. The van der Waals surface area contributed by atoms with Crippen LogP contribution in [0.3, 0.4) is 0 Å². The zero-order chi connectivity index (χ0) is 11.4. The van der Waals surface area contributed by atoms with Crippen LogP contribution in [0, 0.1) is 0 Å². The Morgan fingerprint density at radius 2 is 2.07 bits per heavy atom. The summed E-state index contributed by atoms with van der Waals surface area (Å²) in [6.07, 6.45) is 0. The SMILES string of the molecule is CC(=O)c1cccc(N[C@@H](C)C(=O)O)c1. The zero-order valence-electron chi connectivity index (χ0n) is 8.65. The van der Waals surface area contributed by atoms with E-state index >= 15 is 0 Å². The molecule has 4 nitrogen and oxygen atoms in total. The standard InChI is InChI=1S/C11H13NO3/c1-7(11(14)15)12-10-5-3-4-9(6-10)8(2)13/h3-7,12H,1-2H3,(H,14,15)/t7-/m0/s1. The van der Waals surface area contributed by atoms with Crippen molar-refractivity contribution in [1.82, 2.24) is 0 Å². The fourth-order valence-electron chi connectivity index (χ4n) is 1.14. The van der Waals surface area contributed by atoms with Crippen LogP contribution in [0.15, 0.2) is 24.3 Å². The molecule has 0 aliphatic rings. The third kappa shape index (κ3) is 3.09. The second-order valence-corrected chi connectivity index (χ2v) is 3.34. The van der Waals surface area contributed by atoms with Crippen LogP contribution in [-0.2, 0) is 4.79 Å². The van der Waals surface area contributed by atoms with Gasteiger partial charge in [0, 0.05) is 11.3 Å². The van der Waals surface area contributed by atoms with Crippen molar-refractivity contribution in [2.45, 2.75) is 19.9 Å². The van der Waals surface area contributed by atoms with Crippen molar-refractivity contribution in [2.75, 3.05) is 5.32 Å². The first-order valence-electron chi connectivity index (χ1n) is 4.61. The summed E-state index contributed by atoms with van der Waals surface area (Å²) in [5, 5.41) is 11.5. The van der Waals surface area contributed by atoms with E-state index in [-0.39, 0.29) is 5.78 Å². The van der Waals surface area contributed by atoms with Gasteiger partial charge in [0.2, 0.25) is 0 Å². The monoisotopic (exact) mass is 207 g/mol. The van der Waals surface area contributed by atoms with Crippen molar-refractivity contribution in [3.8, 4) is 0 Å². The van der Waals surface area contributed by atoms with Crippen LogP contribution >= 0.6 is 0 Å². The lowest BCUT2D eigenvalue weighted by atomic mass is 10.1. The highest BCUT2D eigenvalue weighted by atomic mass is 16.4. The zero-order valence-corrected chi connectivity index (χ0v) is 8.65. The Labute approximate surface area is 87.9 Å². The molecule has 0 spiro atoms. The van der Waals surface area contributed by atoms with Crippen molar-refractivity contribution in [1.29, 1.82) is 0 Å². The molecule has 2 N–H and O–H groups in total. The number of aliphatic carboxylic acids is 1. The number of carbonyl (C=O) groups excluding carboxylic acids is 1. The Morgan fingerprint density at radius 1 is 1.40 bits per heavy atom. The van der Waals surface area contributed by atoms with Crippen molar-refractivity contribution in [2.24, 2.45) is 0 Å². The van der Waals surface area contributed by atoms with Gasteiger partial charge in [-0.25, -0.2) is 0 Å². The molecule has 0 fully saturated rings. The molecule has 0 aliphatic carbocycles. The van der Waals surface area contributed by atoms with E-state index in [1.54, 1.807) is 31.2 Å². The van der Waals surface area contributed by atoms with Crippen molar-refractivity contribution in [3.05, 3.63) is 29.8 Å². The lowest BCUT2D eigenvalue weighted by molar-refractivity contribution is -0.137. The van der Waals surface area contributed by atoms with Gasteiger partial charge in [-0.1, -0.05) is 12.1 Å². The minimum absolute atomic E-state index is 0.0402. The van der Waals surface area contributed by atoms with Gasteiger partial charge in [-0.15, -0.1) is 0 Å². The van der Waals surface area contributed by atoms with Gasteiger partial charge in [0.05, 0.1) is 0 Å². The van der Waals surface area contributed by atoms with E-state index in [0.29, 0.717) is 11.3 Å². The summed E-state index contributed by atoms with van der Waals surface area (Å²) in [6.45, 7) is 3.02. The normalized spacial score (nSPS) is 11.9. The van der Waals surface area contributed by atoms with Crippen LogP contribution in [0.1, 0.15) is 24.2 Å².